The molecule has 10 nitrogen and oxygen atoms in total. The lowest BCUT2D eigenvalue weighted by molar-refractivity contribution is 0.222. The fourth-order valence-corrected chi connectivity index (χ4v) is 6.20. The fourth-order valence-electron chi connectivity index (χ4n) is 3.98. The van der Waals surface area contributed by atoms with Crippen LogP contribution in [-0.2, 0) is 10.0 Å². The highest BCUT2D eigenvalue weighted by Gasteiger charge is 2.29. The van der Waals surface area contributed by atoms with E-state index in [1.807, 2.05) is 14.0 Å². The number of piperazine rings is 1. The quantitative estimate of drug-likeness (QED) is 0.404. The van der Waals surface area contributed by atoms with E-state index in [2.05, 4.69) is 32.5 Å². The summed E-state index contributed by atoms with van der Waals surface area (Å²) in [6.45, 7) is 4.31. The second-order valence-electron chi connectivity index (χ2n) is 8.03. The number of benzene rings is 2. The van der Waals surface area contributed by atoms with Crippen LogP contribution in [0.1, 0.15) is 6.92 Å². The topological polar surface area (TPSA) is 114 Å². The maximum Gasteiger partial charge on any atom is 0.262 e. The number of sulfonamides is 1. The number of ether oxygens (including phenoxy) is 3. The van der Waals surface area contributed by atoms with Crippen LogP contribution in [-0.4, -0.2) is 81.6 Å². The summed E-state index contributed by atoms with van der Waals surface area (Å²) < 4.78 is 45.5. The van der Waals surface area contributed by atoms with Gasteiger partial charge in [0.05, 0.1) is 40.4 Å². The highest BCUT2D eigenvalue weighted by molar-refractivity contribution is 14.1. The van der Waals surface area contributed by atoms with Crippen LogP contribution in [0.3, 0.4) is 0 Å². The number of halogens is 1. The zero-order valence-corrected chi connectivity index (χ0v) is 22.9. The summed E-state index contributed by atoms with van der Waals surface area (Å²) in [7, 11) is 1.22. The molecule has 0 saturated carbocycles. The van der Waals surface area contributed by atoms with E-state index in [1.54, 1.807) is 12.1 Å². The van der Waals surface area contributed by atoms with Gasteiger partial charge in [-0.1, -0.05) is 0 Å². The van der Waals surface area contributed by atoms with Crippen LogP contribution in [0.5, 0.6) is 17.2 Å². The minimum absolute atomic E-state index is 0.112. The number of H-pyrrole nitrogens is 1. The Kier molecular flexibility index (Phi) is 7.54. The van der Waals surface area contributed by atoms with Crippen LogP contribution in [0.15, 0.2) is 34.0 Å². The van der Waals surface area contributed by atoms with E-state index in [1.165, 1.54) is 30.7 Å². The average molecular weight is 614 g/mol. The summed E-state index contributed by atoms with van der Waals surface area (Å²) in [4.78, 5) is 22.8. The number of nitrogens with zero attached hydrogens (tertiary/aromatic N) is 3. The van der Waals surface area contributed by atoms with Gasteiger partial charge in [-0.25, -0.2) is 13.4 Å². The zero-order valence-electron chi connectivity index (χ0n) is 19.9. The summed E-state index contributed by atoms with van der Waals surface area (Å²) in [6, 6.07) is 6.27. The van der Waals surface area contributed by atoms with Crippen LogP contribution in [0.2, 0.25) is 0 Å². The summed E-state index contributed by atoms with van der Waals surface area (Å²) in [5.74, 6) is 1.44. The lowest BCUT2D eigenvalue weighted by atomic mass is 10.1. The molecule has 0 atom stereocenters. The Hall–Kier alpha value is -2.42. The third-order valence-electron chi connectivity index (χ3n) is 5.90. The summed E-state index contributed by atoms with van der Waals surface area (Å²) in [6.07, 6.45) is 0. The number of methoxy groups -OCH3 is 2. The number of fused-ring (bicyclic) bond motifs is 1. The standard InChI is InChI=1S/C23H27IN4O6S/c1-5-34-16-7-6-14(35(30,31)28-10-8-27(2)9-11-28)12-15(16)22-25-21-19(23(29)26-22)17(32-3)13-18(33-4)20(21)24/h6-7,12-13H,5,8-11H2,1-4H3,(H,25,26,29). The molecule has 1 saturated heterocycles. The van der Waals surface area contributed by atoms with Gasteiger partial charge in [0.2, 0.25) is 10.0 Å². The average Bonchev–Trinajstić information content (AvgIpc) is 2.85. The lowest BCUT2D eigenvalue weighted by Gasteiger charge is -2.31. The first-order valence-corrected chi connectivity index (χ1v) is 13.5. The van der Waals surface area contributed by atoms with Crippen LogP contribution in [0.25, 0.3) is 22.3 Å². The minimum Gasteiger partial charge on any atom is -0.496 e. The molecular formula is C23H27IN4O6S. The second kappa shape index (κ2) is 10.3. The molecule has 2 aromatic carbocycles. The molecule has 188 valence electrons. The third-order valence-corrected chi connectivity index (χ3v) is 8.84. The van der Waals surface area contributed by atoms with Crippen molar-refractivity contribution < 1.29 is 22.6 Å². The van der Waals surface area contributed by atoms with Crippen LogP contribution in [0, 0.1) is 3.57 Å². The van der Waals surface area contributed by atoms with Gasteiger partial charge in [0.25, 0.3) is 5.56 Å². The fraction of sp³-hybridized carbons (Fsp3) is 0.391. The van der Waals surface area contributed by atoms with Gasteiger partial charge < -0.3 is 24.1 Å². The van der Waals surface area contributed by atoms with Crippen molar-refractivity contribution >= 4 is 43.5 Å². The van der Waals surface area contributed by atoms with Crippen molar-refractivity contribution in [2.24, 2.45) is 0 Å². The number of hydrogen-bond acceptors (Lipinski definition) is 8. The van der Waals surface area contributed by atoms with Crippen molar-refractivity contribution in [1.29, 1.82) is 0 Å². The maximum absolute atomic E-state index is 13.4. The van der Waals surface area contributed by atoms with Gasteiger partial charge in [0.15, 0.2) is 0 Å². The van der Waals surface area contributed by atoms with Gasteiger partial charge in [-0.15, -0.1) is 0 Å². The maximum atomic E-state index is 13.4. The van der Waals surface area contributed by atoms with E-state index < -0.39 is 15.6 Å². The lowest BCUT2D eigenvalue weighted by Crippen LogP contribution is -2.47. The summed E-state index contributed by atoms with van der Waals surface area (Å²) >= 11 is 2.07. The molecule has 1 aromatic heterocycles. The van der Waals surface area contributed by atoms with Crippen molar-refractivity contribution in [2.75, 3.05) is 54.1 Å². The number of rotatable bonds is 7. The predicted octanol–water partition coefficient (Wildman–Crippen LogP) is 2.55. The molecule has 0 aliphatic carbocycles. The largest absolute Gasteiger partial charge is 0.496 e. The van der Waals surface area contributed by atoms with Crippen molar-refractivity contribution in [3.8, 4) is 28.6 Å². The highest BCUT2D eigenvalue weighted by atomic mass is 127. The predicted molar refractivity (Wildman–Crippen MR) is 141 cm³/mol. The van der Waals surface area contributed by atoms with Gasteiger partial charge in [-0.05, 0) is 54.8 Å². The molecule has 1 fully saturated rings. The minimum atomic E-state index is -3.74. The number of aromatic nitrogens is 2. The Balaban J connectivity index is 1.91. The Labute approximate surface area is 217 Å². The van der Waals surface area contributed by atoms with Crippen molar-refractivity contribution in [3.63, 3.8) is 0 Å². The molecule has 1 aliphatic rings. The van der Waals surface area contributed by atoms with Crippen molar-refractivity contribution in [1.82, 2.24) is 19.2 Å². The van der Waals surface area contributed by atoms with E-state index in [-0.39, 0.29) is 16.1 Å². The first-order chi connectivity index (χ1) is 16.7. The Morgan fingerprint density at radius 2 is 1.74 bits per heavy atom. The third kappa shape index (κ3) is 4.84. The molecule has 0 unspecified atom stereocenters. The summed E-state index contributed by atoms with van der Waals surface area (Å²) in [5.41, 5.74) is 0.339. The molecule has 0 bridgehead atoms. The van der Waals surface area contributed by atoms with Crippen LogP contribution in [0.4, 0.5) is 0 Å². The number of nitrogens with one attached hydrogen (secondary N) is 1. The number of hydrogen-bond donors (Lipinski definition) is 1. The number of likely N-dealkylation sites (N-methyl/N-ethyl adjacent to an activating group) is 1. The molecule has 0 spiro atoms. The Bertz CT molecular complexity index is 1420. The molecule has 35 heavy (non-hydrogen) atoms. The smallest absolute Gasteiger partial charge is 0.262 e. The second-order valence-corrected chi connectivity index (χ2v) is 11.0. The van der Waals surface area contributed by atoms with Crippen molar-refractivity contribution in [3.05, 3.63) is 38.2 Å². The van der Waals surface area contributed by atoms with Crippen LogP contribution >= 0.6 is 22.6 Å². The molecule has 1 N–H and O–H groups in total. The van der Waals surface area contributed by atoms with Gasteiger partial charge in [-0.3, -0.25) is 4.79 Å². The van der Waals surface area contributed by atoms with Gasteiger partial charge >= 0.3 is 0 Å². The molecule has 3 aromatic rings. The van der Waals surface area contributed by atoms with E-state index in [9.17, 15) is 13.2 Å². The van der Waals surface area contributed by atoms with Gasteiger partial charge in [-0.2, -0.15) is 4.31 Å². The molecule has 12 heteroatoms. The molecular weight excluding hydrogens is 587 g/mol. The van der Waals surface area contributed by atoms with E-state index in [0.717, 1.165) is 0 Å². The van der Waals surface area contributed by atoms with E-state index >= 15 is 0 Å². The van der Waals surface area contributed by atoms with E-state index in [0.29, 0.717) is 64.7 Å². The molecule has 0 amide bonds. The van der Waals surface area contributed by atoms with Gasteiger partial charge in [0, 0.05) is 32.2 Å². The SMILES string of the molecule is CCOc1ccc(S(=O)(=O)N2CCN(C)CC2)cc1-c1nc2c(I)c(OC)cc(OC)c2c(=O)[nH]1. The zero-order chi connectivity index (χ0) is 25.3. The summed E-state index contributed by atoms with van der Waals surface area (Å²) in [5, 5.41) is 0.278. The Morgan fingerprint density at radius 1 is 1.06 bits per heavy atom. The Morgan fingerprint density at radius 3 is 2.37 bits per heavy atom. The van der Waals surface area contributed by atoms with Crippen molar-refractivity contribution in [2.45, 2.75) is 11.8 Å². The first kappa shape index (κ1) is 25.7. The molecule has 2 heterocycles. The number of aromatic amines is 1. The monoisotopic (exact) mass is 614 g/mol. The van der Waals surface area contributed by atoms with E-state index in [4.69, 9.17) is 19.2 Å². The molecule has 1 aliphatic heterocycles. The first-order valence-electron chi connectivity index (χ1n) is 11.0. The highest BCUT2D eigenvalue weighted by Crippen LogP contribution is 2.36. The normalized spacial score (nSPS) is 15.3. The molecule has 0 radical (unpaired) electrons. The van der Waals surface area contributed by atoms with Gasteiger partial charge in [0.1, 0.15) is 28.5 Å². The van der Waals surface area contributed by atoms with Crippen LogP contribution < -0.4 is 19.8 Å². The molecule has 4 rings (SSSR count).